The number of hydrogen-bond donors (Lipinski definition) is 0. The first-order chi connectivity index (χ1) is 11.7. The molecule has 132 valence electrons. The van der Waals surface area contributed by atoms with E-state index in [1.54, 1.807) is 6.07 Å². The lowest BCUT2D eigenvalue weighted by Gasteiger charge is -2.16. The van der Waals surface area contributed by atoms with Gasteiger partial charge in [0.15, 0.2) is 18.2 Å². The second kappa shape index (κ2) is 7.27. The number of piperidine rings is 1. The molecule has 4 nitrogen and oxygen atoms in total. The van der Waals surface area contributed by atoms with Crippen LogP contribution in [0.2, 0.25) is 0 Å². The van der Waals surface area contributed by atoms with Gasteiger partial charge in [-0.2, -0.15) is 9.19 Å². The first-order valence-electron chi connectivity index (χ1n) is 8.50. The van der Waals surface area contributed by atoms with Crippen LogP contribution in [0.1, 0.15) is 32.4 Å². The van der Waals surface area contributed by atoms with E-state index in [0.29, 0.717) is 23.3 Å². The zero-order chi connectivity index (χ0) is 17.3. The van der Waals surface area contributed by atoms with Gasteiger partial charge in [0.05, 0.1) is 18.2 Å². The number of hydrogen-bond acceptors (Lipinski definition) is 4. The Morgan fingerprint density at radius 3 is 2.75 bits per heavy atom. The van der Waals surface area contributed by atoms with E-state index in [0.717, 1.165) is 29.1 Å². The Kier molecular flexibility index (Phi) is 5.30. The third kappa shape index (κ3) is 2.99. The Morgan fingerprint density at radius 1 is 1.38 bits per heavy atom. The molecule has 1 aromatic carbocycles. The fourth-order valence-corrected chi connectivity index (χ4v) is 4.01. The van der Waals surface area contributed by atoms with E-state index < -0.39 is 5.82 Å². The number of nitrogens with zero attached hydrogens (tertiary/aromatic N) is 3. The van der Waals surface area contributed by atoms with E-state index in [2.05, 4.69) is 10.00 Å². The predicted octanol–water partition coefficient (Wildman–Crippen LogP) is 4.23. The van der Waals surface area contributed by atoms with Gasteiger partial charge < -0.3 is 4.74 Å². The van der Waals surface area contributed by atoms with Gasteiger partial charge in [-0.15, -0.1) is 3.89 Å². The van der Waals surface area contributed by atoms with Crippen molar-refractivity contribution in [2.24, 2.45) is 5.92 Å². The molecule has 1 saturated carbocycles. The maximum atomic E-state index is 14.1. The third-order valence-electron chi connectivity index (χ3n) is 4.84. The summed E-state index contributed by atoms with van der Waals surface area (Å²) in [5.41, 5.74) is 0.855. The Balaban J connectivity index is 0.000000815. The summed E-state index contributed by atoms with van der Waals surface area (Å²) < 4.78 is 33.5. The first kappa shape index (κ1) is 17.5. The van der Waals surface area contributed by atoms with Crippen LogP contribution >= 0.6 is 12.3 Å². The lowest BCUT2D eigenvalue weighted by Crippen LogP contribution is -2.25. The molecule has 2 heterocycles. The molecule has 0 amide bonds. The molecule has 2 atom stereocenters. The summed E-state index contributed by atoms with van der Waals surface area (Å²) in [4.78, 5) is 2.46. The van der Waals surface area contributed by atoms with Gasteiger partial charge in [0, 0.05) is 19.0 Å². The molecular weight excluding hydrogens is 332 g/mol. The van der Waals surface area contributed by atoms with Crippen molar-refractivity contribution in [3.63, 3.8) is 0 Å². The van der Waals surface area contributed by atoms with E-state index in [1.807, 2.05) is 13.8 Å². The quantitative estimate of drug-likeness (QED) is 0.803. The summed E-state index contributed by atoms with van der Waals surface area (Å²) in [6, 6.07) is 3.58. The van der Waals surface area contributed by atoms with Gasteiger partial charge in [0.2, 0.25) is 0 Å². The van der Waals surface area contributed by atoms with Crippen molar-refractivity contribution in [1.29, 1.82) is 0 Å². The van der Waals surface area contributed by atoms with Gasteiger partial charge in [0.1, 0.15) is 11.3 Å². The van der Waals surface area contributed by atoms with Gasteiger partial charge in [-0.25, -0.2) is 4.39 Å². The van der Waals surface area contributed by atoms with Crippen molar-refractivity contribution < 1.29 is 13.0 Å². The maximum absolute atomic E-state index is 14.1. The monoisotopic (exact) mass is 355 g/mol. The number of rotatable bonds is 5. The van der Waals surface area contributed by atoms with Gasteiger partial charge in [0.25, 0.3) is 0 Å². The van der Waals surface area contributed by atoms with Gasteiger partial charge in [-0.1, -0.05) is 13.8 Å². The summed E-state index contributed by atoms with van der Waals surface area (Å²) in [5.74, 6) is 0.934. The normalized spacial score (nSPS) is 22.2. The van der Waals surface area contributed by atoms with E-state index in [1.165, 1.54) is 26.0 Å². The topological polar surface area (TPSA) is 30.3 Å². The Labute approximate surface area is 145 Å². The van der Waals surface area contributed by atoms with Crippen LogP contribution in [0.15, 0.2) is 12.1 Å². The van der Waals surface area contributed by atoms with E-state index in [4.69, 9.17) is 4.74 Å². The van der Waals surface area contributed by atoms with Crippen LogP contribution in [0.4, 0.5) is 8.28 Å². The molecule has 1 aliphatic carbocycles. The standard InChI is InChI=1S/C15H17F2N3OS.C2H6/c1-21-13-3-2-10(16)15-14(13)11(18-20(15)22-17)5-7-19-6-4-9-8-12(9)19;1-2/h2-3,9,12H,4-8H2,1H3;1-2H3. The summed E-state index contributed by atoms with van der Waals surface area (Å²) in [7, 11) is 1.53. The average Bonchev–Trinajstić information content (AvgIpc) is 3.13. The molecule has 0 spiro atoms. The summed E-state index contributed by atoms with van der Waals surface area (Å²) in [5, 5.41) is 4.82. The molecule has 0 bridgehead atoms. The molecule has 2 fully saturated rings. The molecule has 4 rings (SSSR count). The first-order valence-corrected chi connectivity index (χ1v) is 9.17. The number of halogens is 2. The van der Waals surface area contributed by atoms with E-state index >= 15 is 0 Å². The van der Waals surface area contributed by atoms with Crippen molar-refractivity contribution in [2.75, 3.05) is 20.2 Å². The Hall–Kier alpha value is -1.34. The van der Waals surface area contributed by atoms with Crippen LogP contribution in [0.3, 0.4) is 0 Å². The number of benzene rings is 1. The molecule has 1 aliphatic heterocycles. The highest BCUT2D eigenvalue weighted by atomic mass is 32.2. The lowest BCUT2D eigenvalue weighted by molar-refractivity contribution is 0.303. The number of likely N-dealkylation sites (tertiary alicyclic amines) is 1. The van der Waals surface area contributed by atoms with Crippen molar-refractivity contribution >= 4 is 23.2 Å². The van der Waals surface area contributed by atoms with Gasteiger partial charge in [-0.05, 0) is 37.4 Å². The molecule has 2 aromatic rings. The second-order valence-electron chi connectivity index (χ2n) is 6.00. The minimum absolute atomic E-state index is 0.0842. The highest BCUT2D eigenvalue weighted by Gasteiger charge is 2.46. The number of fused-ring (bicyclic) bond motifs is 2. The number of ether oxygens (including phenoxy) is 1. The average molecular weight is 355 g/mol. The highest BCUT2D eigenvalue weighted by Crippen LogP contribution is 2.44. The molecule has 0 N–H and O–H groups in total. The van der Waals surface area contributed by atoms with Gasteiger partial charge in [-0.3, -0.25) is 4.90 Å². The molecule has 1 saturated heterocycles. The fourth-order valence-electron chi connectivity index (χ4n) is 3.63. The summed E-state index contributed by atoms with van der Waals surface area (Å²) >= 11 is -0.0842. The lowest BCUT2D eigenvalue weighted by atomic mass is 10.1. The zero-order valence-electron chi connectivity index (χ0n) is 14.3. The molecule has 24 heavy (non-hydrogen) atoms. The van der Waals surface area contributed by atoms with Crippen LogP contribution in [0.5, 0.6) is 5.75 Å². The zero-order valence-corrected chi connectivity index (χ0v) is 15.1. The molecule has 2 unspecified atom stereocenters. The number of aromatic nitrogens is 2. The molecule has 2 aliphatic rings. The predicted molar refractivity (Wildman–Crippen MR) is 93.5 cm³/mol. The highest BCUT2D eigenvalue weighted by molar-refractivity contribution is 7.92. The van der Waals surface area contributed by atoms with Crippen LogP contribution in [0.25, 0.3) is 10.9 Å². The Bertz CT molecular complexity index is 721. The van der Waals surface area contributed by atoms with Crippen molar-refractivity contribution in [2.45, 2.75) is 39.2 Å². The van der Waals surface area contributed by atoms with Gasteiger partial charge >= 0.3 is 0 Å². The summed E-state index contributed by atoms with van der Waals surface area (Å²) in [6.07, 6.45) is 3.25. The van der Waals surface area contributed by atoms with E-state index in [-0.39, 0.29) is 17.9 Å². The second-order valence-corrected chi connectivity index (χ2v) is 6.48. The Morgan fingerprint density at radius 2 is 2.17 bits per heavy atom. The fraction of sp³-hybridized carbons (Fsp3) is 0.588. The van der Waals surface area contributed by atoms with Crippen molar-refractivity contribution in [3.8, 4) is 5.75 Å². The minimum atomic E-state index is -0.483. The van der Waals surface area contributed by atoms with Crippen LogP contribution in [-0.2, 0) is 6.42 Å². The third-order valence-corrected chi connectivity index (χ3v) is 5.24. The molecular formula is C17H23F2N3OS. The molecule has 0 radical (unpaired) electrons. The van der Waals surface area contributed by atoms with Crippen molar-refractivity contribution in [1.82, 2.24) is 14.1 Å². The number of methoxy groups -OCH3 is 1. The van der Waals surface area contributed by atoms with E-state index in [9.17, 15) is 8.28 Å². The maximum Gasteiger partial charge on any atom is 0.188 e. The van der Waals surface area contributed by atoms with Crippen LogP contribution in [0, 0.1) is 11.7 Å². The smallest absolute Gasteiger partial charge is 0.188 e. The van der Waals surface area contributed by atoms with Crippen LogP contribution < -0.4 is 4.74 Å². The van der Waals surface area contributed by atoms with Crippen molar-refractivity contribution in [3.05, 3.63) is 23.6 Å². The molecule has 1 aromatic heterocycles. The minimum Gasteiger partial charge on any atom is -0.496 e. The molecule has 7 heteroatoms. The SMILES string of the molecule is CC.COc1ccc(F)c2c1c(CCN1CCC3CC31)nn2SF. The largest absolute Gasteiger partial charge is 0.496 e. The summed E-state index contributed by atoms with van der Waals surface area (Å²) in [6.45, 7) is 6.00. The van der Waals surface area contributed by atoms with Crippen LogP contribution in [-0.4, -0.2) is 40.3 Å².